The van der Waals surface area contributed by atoms with Crippen molar-refractivity contribution >= 4 is 11.9 Å². The van der Waals surface area contributed by atoms with E-state index in [1.165, 1.54) is 0 Å². The third-order valence-corrected chi connectivity index (χ3v) is 4.28. The number of carboxylic acid groups (broad SMARTS) is 1. The van der Waals surface area contributed by atoms with Crippen molar-refractivity contribution < 1.29 is 14.7 Å². The van der Waals surface area contributed by atoms with E-state index in [9.17, 15) is 14.7 Å². The normalized spacial score (nSPS) is 35.5. The van der Waals surface area contributed by atoms with E-state index in [0.717, 1.165) is 19.3 Å². The number of carbonyl (C=O) groups excluding carboxylic acids is 1. The largest absolute Gasteiger partial charge is 0.480 e. The molecule has 3 atom stereocenters. The van der Waals surface area contributed by atoms with Crippen LogP contribution in [0.3, 0.4) is 0 Å². The molecule has 17 heavy (non-hydrogen) atoms. The molecule has 1 saturated carbocycles. The van der Waals surface area contributed by atoms with E-state index in [-0.39, 0.29) is 23.2 Å². The van der Waals surface area contributed by atoms with Gasteiger partial charge in [0.25, 0.3) is 0 Å². The van der Waals surface area contributed by atoms with Crippen LogP contribution in [0, 0.1) is 17.3 Å². The predicted molar refractivity (Wildman–Crippen MR) is 63.4 cm³/mol. The topological polar surface area (TPSA) is 57.6 Å². The lowest BCUT2D eigenvalue weighted by atomic mass is 9.90. The van der Waals surface area contributed by atoms with Crippen LogP contribution in [0.15, 0.2) is 0 Å². The molecule has 2 fully saturated rings. The van der Waals surface area contributed by atoms with Crippen LogP contribution >= 0.6 is 0 Å². The summed E-state index contributed by atoms with van der Waals surface area (Å²) in [6.07, 6.45) is 2.71. The average Bonchev–Trinajstić information content (AvgIpc) is 2.85. The van der Waals surface area contributed by atoms with Crippen molar-refractivity contribution in [3.8, 4) is 0 Å². The van der Waals surface area contributed by atoms with Crippen molar-refractivity contribution in [3.63, 3.8) is 0 Å². The third kappa shape index (κ3) is 2.17. The number of carboxylic acids is 1. The van der Waals surface area contributed by atoms with Gasteiger partial charge >= 0.3 is 5.97 Å². The second-order valence-corrected chi connectivity index (χ2v) is 6.18. The van der Waals surface area contributed by atoms with Gasteiger partial charge in [-0.2, -0.15) is 0 Å². The van der Waals surface area contributed by atoms with Gasteiger partial charge in [-0.05, 0) is 30.6 Å². The molecule has 1 aliphatic carbocycles. The number of hydrogen-bond donors (Lipinski definition) is 1. The van der Waals surface area contributed by atoms with Crippen LogP contribution in [0.1, 0.15) is 40.0 Å². The Morgan fingerprint density at radius 1 is 1.35 bits per heavy atom. The molecule has 0 radical (unpaired) electrons. The number of piperidine rings is 1. The Kier molecular flexibility index (Phi) is 2.92. The van der Waals surface area contributed by atoms with E-state index >= 15 is 0 Å². The highest BCUT2D eigenvalue weighted by molar-refractivity contribution is 5.87. The molecule has 4 heteroatoms. The molecule has 0 aromatic heterocycles. The van der Waals surface area contributed by atoms with E-state index in [4.69, 9.17) is 0 Å². The second-order valence-electron chi connectivity index (χ2n) is 6.18. The Morgan fingerprint density at radius 3 is 2.41 bits per heavy atom. The standard InChI is InChI=1S/C13H21NO3/c1-8-5-4-6-14(10(8)12(16)17)11(15)9-7-13(9,2)3/h8-10H,4-7H2,1-3H3,(H,16,17). The maximum Gasteiger partial charge on any atom is 0.326 e. The minimum Gasteiger partial charge on any atom is -0.480 e. The van der Waals surface area contributed by atoms with Gasteiger partial charge in [-0.1, -0.05) is 20.8 Å². The summed E-state index contributed by atoms with van der Waals surface area (Å²) in [7, 11) is 0. The first-order valence-electron chi connectivity index (χ1n) is 6.38. The van der Waals surface area contributed by atoms with Crippen LogP contribution in [-0.2, 0) is 9.59 Å². The molecule has 4 nitrogen and oxygen atoms in total. The van der Waals surface area contributed by atoms with E-state index in [2.05, 4.69) is 13.8 Å². The Balaban J connectivity index is 2.12. The van der Waals surface area contributed by atoms with Crippen molar-refractivity contribution in [2.75, 3.05) is 6.54 Å². The van der Waals surface area contributed by atoms with Crippen LogP contribution < -0.4 is 0 Å². The molecular weight excluding hydrogens is 218 g/mol. The average molecular weight is 239 g/mol. The molecule has 96 valence electrons. The van der Waals surface area contributed by atoms with Crippen LogP contribution in [0.5, 0.6) is 0 Å². The minimum atomic E-state index is -0.857. The van der Waals surface area contributed by atoms with Crippen molar-refractivity contribution in [1.29, 1.82) is 0 Å². The fourth-order valence-corrected chi connectivity index (χ4v) is 2.90. The fourth-order valence-electron chi connectivity index (χ4n) is 2.90. The molecule has 1 amide bonds. The lowest BCUT2D eigenvalue weighted by Crippen LogP contribution is -2.52. The molecule has 0 aromatic rings. The van der Waals surface area contributed by atoms with Gasteiger partial charge in [-0.3, -0.25) is 4.79 Å². The lowest BCUT2D eigenvalue weighted by Gasteiger charge is -2.37. The summed E-state index contributed by atoms with van der Waals surface area (Å²) in [5, 5.41) is 9.27. The first kappa shape index (κ1) is 12.4. The number of amides is 1. The number of likely N-dealkylation sites (tertiary alicyclic amines) is 1. The third-order valence-electron chi connectivity index (χ3n) is 4.28. The smallest absolute Gasteiger partial charge is 0.326 e. The van der Waals surface area contributed by atoms with Gasteiger partial charge in [0, 0.05) is 12.5 Å². The van der Waals surface area contributed by atoms with Crippen molar-refractivity contribution in [2.45, 2.75) is 46.1 Å². The second kappa shape index (κ2) is 4.00. The maximum absolute atomic E-state index is 12.3. The molecule has 0 spiro atoms. The summed E-state index contributed by atoms with van der Waals surface area (Å²) < 4.78 is 0. The zero-order valence-electron chi connectivity index (χ0n) is 10.8. The number of hydrogen-bond acceptors (Lipinski definition) is 2. The van der Waals surface area contributed by atoms with Crippen molar-refractivity contribution in [1.82, 2.24) is 4.90 Å². The summed E-state index contributed by atoms with van der Waals surface area (Å²) in [4.78, 5) is 25.2. The Labute approximate surface area is 102 Å². The molecular formula is C13H21NO3. The quantitative estimate of drug-likeness (QED) is 0.798. The SMILES string of the molecule is CC1CCCN(C(=O)C2CC2(C)C)C1C(=O)O. The molecule has 1 heterocycles. The molecule has 2 aliphatic rings. The molecule has 0 aromatic carbocycles. The van der Waals surface area contributed by atoms with Gasteiger partial charge < -0.3 is 10.0 Å². The van der Waals surface area contributed by atoms with E-state index < -0.39 is 12.0 Å². The summed E-state index contributed by atoms with van der Waals surface area (Å²) in [5.41, 5.74) is 0.0703. The van der Waals surface area contributed by atoms with Crippen LogP contribution in [0.4, 0.5) is 0 Å². The Hall–Kier alpha value is -1.06. The van der Waals surface area contributed by atoms with E-state index in [0.29, 0.717) is 6.54 Å². The van der Waals surface area contributed by atoms with E-state index in [1.54, 1.807) is 4.90 Å². The van der Waals surface area contributed by atoms with Gasteiger partial charge in [0.15, 0.2) is 0 Å². The van der Waals surface area contributed by atoms with E-state index in [1.807, 2.05) is 6.92 Å². The first-order valence-corrected chi connectivity index (χ1v) is 6.38. The highest BCUT2D eigenvalue weighted by atomic mass is 16.4. The Morgan fingerprint density at radius 2 is 1.94 bits per heavy atom. The number of nitrogens with zero attached hydrogens (tertiary/aromatic N) is 1. The van der Waals surface area contributed by atoms with Gasteiger partial charge in [0.1, 0.15) is 6.04 Å². The summed E-state index contributed by atoms with van der Waals surface area (Å²) in [6, 6.07) is -0.618. The van der Waals surface area contributed by atoms with Crippen LogP contribution in [0.25, 0.3) is 0 Å². The molecule has 2 rings (SSSR count). The van der Waals surface area contributed by atoms with Crippen LogP contribution in [-0.4, -0.2) is 34.5 Å². The minimum absolute atomic E-state index is 0.0367. The van der Waals surface area contributed by atoms with Crippen LogP contribution in [0.2, 0.25) is 0 Å². The zero-order valence-corrected chi connectivity index (χ0v) is 10.8. The van der Waals surface area contributed by atoms with Crippen molar-refractivity contribution in [3.05, 3.63) is 0 Å². The molecule has 3 unspecified atom stereocenters. The number of carbonyl (C=O) groups is 2. The number of aliphatic carboxylic acids is 1. The first-order chi connectivity index (χ1) is 7.84. The molecule has 1 N–H and O–H groups in total. The van der Waals surface area contributed by atoms with Gasteiger partial charge in [-0.25, -0.2) is 4.79 Å². The summed E-state index contributed by atoms with van der Waals surface area (Å²) in [5.74, 6) is -0.709. The fraction of sp³-hybridized carbons (Fsp3) is 0.846. The highest BCUT2D eigenvalue weighted by Gasteiger charge is 2.53. The predicted octanol–water partition coefficient (Wildman–Crippen LogP) is 1.74. The maximum atomic E-state index is 12.3. The summed E-state index contributed by atoms with van der Waals surface area (Å²) >= 11 is 0. The monoisotopic (exact) mass is 239 g/mol. The molecule has 1 aliphatic heterocycles. The lowest BCUT2D eigenvalue weighted by molar-refractivity contribution is -0.155. The summed E-state index contributed by atoms with van der Waals surface area (Å²) in [6.45, 7) is 6.67. The van der Waals surface area contributed by atoms with Crippen molar-refractivity contribution in [2.24, 2.45) is 17.3 Å². The molecule has 1 saturated heterocycles. The Bertz CT molecular complexity index is 351. The molecule has 0 bridgehead atoms. The van der Waals surface area contributed by atoms with Gasteiger partial charge in [-0.15, -0.1) is 0 Å². The van der Waals surface area contributed by atoms with Gasteiger partial charge in [0.2, 0.25) is 5.91 Å². The number of rotatable bonds is 2. The highest BCUT2D eigenvalue weighted by Crippen LogP contribution is 2.53. The zero-order chi connectivity index (χ0) is 12.8. The van der Waals surface area contributed by atoms with Gasteiger partial charge in [0.05, 0.1) is 0 Å².